The zero-order valence-electron chi connectivity index (χ0n) is 56.1. The fourth-order valence-electron chi connectivity index (χ4n) is 15.1. The van der Waals surface area contributed by atoms with Crippen LogP contribution in [0.5, 0.6) is 0 Å². The molecule has 4 heterocycles. The predicted octanol–water partition coefficient (Wildman–Crippen LogP) is 23.8. The van der Waals surface area contributed by atoms with Crippen molar-refractivity contribution in [1.82, 2.24) is 29.9 Å². The summed E-state index contributed by atoms with van der Waals surface area (Å²) in [7, 11) is 0. The topological polar surface area (TPSA) is 90.5 Å². The van der Waals surface area contributed by atoms with Gasteiger partial charge in [0, 0.05) is 69.7 Å². The van der Waals surface area contributed by atoms with Gasteiger partial charge < -0.3 is 4.42 Å². The van der Waals surface area contributed by atoms with Gasteiger partial charge in [-0.15, -0.1) is 11.3 Å². The minimum absolute atomic E-state index is 0.126. The highest BCUT2D eigenvalue weighted by Gasteiger charge is 2.48. The molecule has 0 amide bonds. The van der Waals surface area contributed by atoms with Gasteiger partial charge in [0.05, 0.1) is 0 Å². The zero-order chi connectivity index (χ0) is 66.7. The van der Waals surface area contributed by atoms with Crippen molar-refractivity contribution in [1.29, 1.82) is 0 Å². The maximum atomic E-state index is 6.25. The van der Waals surface area contributed by atoms with Crippen molar-refractivity contribution in [2.45, 2.75) is 77.0 Å². The zero-order valence-corrected chi connectivity index (χ0v) is 56.9. The average molecular weight is 1280 g/mol. The Labute approximate surface area is 575 Å². The second-order valence-electron chi connectivity index (χ2n) is 28.2. The van der Waals surface area contributed by atoms with E-state index in [1.165, 1.54) is 86.9 Å². The first-order chi connectivity index (χ1) is 47.6. The Kier molecular flexibility index (Phi) is 14.3. The van der Waals surface area contributed by atoms with Crippen LogP contribution < -0.4 is 0 Å². The van der Waals surface area contributed by atoms with Crippen molar-refractivity contribution >= 4 is 53.4 Å². The quantitative estimate of drug-likeness (QED) is 0.150. The molecule has 2 aliphatic carbocycles. The molecule has 0 radical (unpaired) electrons. The van der Waals surface area contributed by atoms with Crippen LogP contribution in [-0.2, 0) is 21.7 Å². The lowest BCUT2D eigenvalue weighted by atomic mass is 9.54. The predicted molar refractivity (Wildman–Crippen MR) is 406 cm³/mol. The maximum Gasteiger partial charge on any atom is 0.164 e. The first kappa shape index (κ1) is 60.4. The van der Waals surface area contributed by atoms with E-state index in [-0.39, 0.29) is 21.7 Å². The standard InChI is InChI=1S/C45H35N3O.C45H35N3S/c1-44(2)37-25-23-30(26-36(37)35-20-13-19-32(40(35)45(44,3)4)28-14-7-5-8-15-28)42-46-41(29-16-9-6-10-17-29)47-43(48-42)31-22-24-34-33-18-11-12-21-38(33)49-39(34)27-31;1-44(2)36-20-13-19-34(40(36)33-24-22-30(27-37(33)45(44,3)4)28-14-7-5-8-15-28)43-47-41(29-16-9-6-10-17-29)46-42(48-43)31-23-25-39-35(26-31)32-18-11-12-21-38(32)49-39/h2*5-27H,1-4H3. The Bertz CT molecular complexity index is 5810. The SMILES string of the molecule is CC1(C)c2cc(-c3ccccc3)ccc2-c2c(-c3nc(-c4ccccc4)nc(-c4ccc5sc6ccccc6c5c4)n3)cccc2C1(C)C.CC1(C)c2ccc(-c3nc(-c4ccccc4)nc(-c4ccc5c(c4)oc4ccccc45)n3)cc2-c2cccc(-c3ccccc3)c2C1(C)C. The summed E-state index contributed by atoms with van der Waals surface area (Å²) in [4.78, 5) is 30.8. The van der Waals surface area contributed by atoms with Gasteiger partial charge in [-0.25, -0.2) is 29.9 Å². The number of para-hydroxylation sites is 1. The van der Waals surface area contributed by atoms with Gasteiger partial charge in [-0.1, -0.05) is 280 Å². The summed E-state index contributed by atoms with van der Waals surface area (Å²) >= 11 is 1.82. The van der Waals surface area contributed by atoms with Gasteiger partial charge in [-0.05, 0) is 138 Å². The summed E-state index contributed by atoms with van der Waals surface area (Å²) in [5.74, 6) is 3.91. The van der Waals surface area contributed by atoms with Gasteiger partial charge in [-0.2, -0.15) is 0 Å². The van der Waals surface area contributed by atoms with Crippen LogP contribution in [-0.4, -0.2) is 29.9 Å². The van der Waals surface area contributed by atoms with E-state index in [1.807, 2.05) is 84.1 Å². The second kappa shape index (κ2) is 23.2. The third-order valence-electron chi connectivity index (χ3n) is 21.8. The van der Waals surface area contributed by atoms with Gasteiger partial charge in [-0.3, -0.25) is 0 Å². The summed E-state index contributed by atoms with van der Waals surface area (Å²) in [6.07, 6.45) is 0. The number of thiophene rings is 1. The number of fused-ring (bicyclic) bond motifs is 12. The van der Waals surface area contributed by atoms with E-state index in [2.05, 4.69) is 262 Å². The maximum absolute atomic E-state index is 6.25. The van der Waals surface area contributed by atoms with E-state index in [1.54, 1.807) is 0 Å². The van der Waals surface area contributed by atoms with E-state index in [4.69, 9.17) is 34.3 Å². The third-order valence-corrected chi connectivity index (χ3v) is 22.9. The average Bonchev–Trinajstić information content (AvgIpc) is 0.964. The Morgan fingerprint density at radius 1 is 0.245 bits per heavy atom. The normalized spacial score (nSPS) is 14.4. The Balaban J connectivity index is 0.000000147. The van der Waals surface area contributed by atoms with Gasteiger partial charge in [0.1, 0.15) is 11.2 Å². The molecule has 0 spiro atoms. The molecular formula is C90H70N6OS. The third kappa shape index (κ3) is 9.90. The molecule has 0 aliphatic heterocycles. The Hall–Kier alpha value is -11.3. The van der Waals surface area contributed by atoms with Crippen LogP contribution >= 0.6 is 11.3 Å². The first-order valence-corrected chi connectivity index (χ1v) is 34.6. The molecule has 8 heteroatoms. The van der Waals surface area contributed by atoms with Crippen LogP contribution in [0.15, 0.2) is 283 Å². The summed E-state index contributed by atoms with van der Waals surface area (Å²) < 4.78 is 8.79. The number of hydrogen-bond acceptors (Lipinski definition) is 8. The van der Waals surface area contributed by atoms with Crippen molar-refractivity contribution in [2.75, 3.05) is 0 Å². The highest BCUT2D eigenvalue weighted by atomic mass is 32.1. The monoisotopic (exact) mass is 1280 g/mol. The molecule has 0 bridgehead atoms. The molecule has 0 atom stereocenters. The molecule has 2 aliphatic rings. The van der Waals surface area contributed by atoms with E-state index < -0.39 is 0 Å². The summed E-state index contributed by atoms with van der Waals surface area (Å²) in [6, 6.07) is 98.5. The highest BCUT2D eigenvalue weighted by molar-refractivity contribution is 7.25. The fraction of sp³-hybridized carbons (Fsp3) is 0.133. The molecule has 7 nitrogen and oxygen atoms in total. The molecule has 0 N–H and O–H groups in total. The minimum atomic E-state index is -0.163. The van der Waals surface area contributed by atoms with Gasteiger partial charge in [0.15, 0.2) is 34.9 Å². The smallest absolute Gasteiger partial charge is 0.164 e. The lowest BCUT2D eigenvalue weighted by Crippen LogP contribution is -2.44. The molecule has 98 heavy (non-hydrogen) atoms. The van der Waals surface area contributed by atoms with E-state index in [0.29, 0.717) is 34.9 Å². The first-order valence-electron chi connectivity index (χ1n) is 33.7. The highest BCUT2D eigenvalue weighted by Crippen LogP contribution is 2.58. The number of aromatic nitrogens is 6. The van der Waals surface area contributed by atoms with E-state index >= 15 is 0 Å². The van der Waals surface area contributed by atoms with Crippen molar-refractivity contribution in [3.63, 3.8) is 0 Å². The molecule has 0 saturated heterocycles. The van der Waals surface area contributed by atoms with Crippen LogP contribution in [0.3, 0.4) is 0 Å². The molecule has 0 saturated carbocycles. The Morgan fingerprint density at radius 2 is 0.714 bits per heavy atom. The summed E-state index contributed by atoms with van der Waals surface area (Å²) in [6.45, 7) is 19.0. The van der Waals surface area contributed by atoms with Gasteiger partial charge in [0.25, 0.3) is 0 Å². The lowest BCUT2D eigenvalue weighted by Gasteiger charge is -2.49. The van der Waals surface area contributed by atoms with Crippen molar-refractivity contribution in [2.24, 2.45) is 0 Å². The summed E-state index contributed by atoms with van der Waals surface area (Å²) in [5, 5.41) is 4.66. The number of benzene rings is 12. The molecule has 0 unspecified atom stereocenters. The largest absolute Gasteiger partial charge is 0.456 e. The molecule has 18 rings (SSSR count). The second-order valence-corrected chi connectivity index (χ2v) is 29.3. The van der Waals surface area contributed by atoms with E-state index in [0.717, 1.165) is 55.3 Å². The van der Waals surface area contributed by atoms with Crippen molar-refractivity contribution in [3.05, 3.63) is 301 Å². The van der Waals surface area contributed by atoms with Crippen LogP contribution in [0.25, 0.3) is 155 Å². The molecule has 4 aromatic heterocycles. The van der Waals surface area contributed by atoms with Gasteiger partial charge >= 0.3 is 0 Å². The number of rotatable bonds is 8. The number of nitrogens with zero attached hydrogens (tertiary/aromatic N) is 6. The van der Waals surface area contributed by atoms with Gasteiger partial charge in [0.2, 0.25) is 0 Å². The molecular weight excluding hydrogens is 1210 g/mol. The van der Waals surface area contributed by atoms with Crippen molar-refractivity contribution < 1.29 is 4.42 Å². The molecule has 0 fully saturated rings. The number of hydrogen-bond donors (Lipinski definition) is 0. The molecule has 16 aromatic rings. The van der Waals surface area contributed by atoms with Crippen molar-refractivity contribution in [3.8, 4) is 113 Å². The molecule has 12 aromatic carbocycles. The van der Waals surface area contributed by atoms with E-state index in [9.17, 15) is 0 Å². The minimum Gasteiger partial charge on any atom is -0.456 e. The van der Waals surface area contributed by atoms with Crippen LogP contribution in [0, 0.1) is 0 Å². The van der Waals surface area contributed by atoms with Crippen LogP contribution in [0.4, 0.5) is 0 Å². The fourth-order valence-corrected chi connectivity index (χ4v) is 16.2. The number of furan rings is 1. The summed E-state index contributed by atoms with van der Waals surface area (Å²) in [5.41, 5.74) is 22.1. The van der Waals surface area contributed by atoms with Crippen LogP contribution in [0.1, 0.15) is 77.6 Å². The van der Waals surface area contributed by atoms with Crippen LogP contribution in [0.2, 0.25) is 0 Å². The molecule has 472 valence electrons. The lowest BCUT2D eigenvalue weighted by molar-refractivity contribution is 0.299. The Morgan fingerprint density at radius 3 is 1.39 bits per heavy atom.